The van der Waals surface area contributed by atoms with Crippen molar-refractivity contribution < 1.29 is 18.3 Å². The molecule has 0 bridgehead atoms. The topological polar surface area (TPSA) is 71.2 Å². The van der Waals surface area contributed by atoms with E-state index in [1.807, 2.05) is 6.07 Å². The van der Waals surface area contributed by atoms with Crippen LogP contribution in [0.3, 0.4) is 0 Å². The van der Waals surface area contributed by atoms with Crippen molar-refractivity contribution in [2.75, 3.05) is 6.54 Å². The van der Waals surface area contributed by atoms with Crippen molar-refractivity contribution in [3.63, 3.8) is 0 Å². The lowest BCUT2D eigenvalue weighted by atomic mass is 10.1. The highest BCUT2D eigenvalue weighted by molar-refractivity contribution is 5.94. The average molecular weight is 394 g/mol. The molecule has 8 heteroatoms. The van der Waals surface area contributed by atoms with Crippen LogP contribution in [0.2, 0.25) is 0 Å². The SMILES string of the molecule is N#Cc1cccc(COc2cc3n(n2)CCN(C(=O)c2cc(F)cc(F)c2)C3)c1. The van der Waals surface area contributed by atoms with Crippen LogP contribution >= 0.6 is 0 Å². The number of ether oxygens (including phenoxy) is 1. The van der Waals surface area contributed by atoms with Crippen LogP contribution < -0.4 is 4.74 Å². The fourth-order valence-electron chi connectivity index (χ4n) is 3.23. The highest BCUT2D eigenvalue weighted by Crippen LogP contribution is 2.21. The van der Waals surface area contributed by atoms with Gasteiger partial charge in [0.15, 0.2) is 0 Å². The van der Waals surface area contributed by atoms with Gasteiger partial charge in [0, 0.05) is 24.2 Å². The molecule has 0 saturated heterocycles. The molecule has 0 fully saturated rings. The second kappa shape index (κ2) is 7.72. The van der Waals surface area contributed by atoms with Crippen molar-refractivity contribution in [2.45, 2.75) is 19.7 Å². The van der Waals surface area contributed by atoms with Gasteiger partial charge in [-0.25, -0.2) is 8.78 Å². The maximum absolute atomic E-state index is 13.4. The number of rotatable bonds is 4. The number of aromatic nitrogens is 2. The zero-order valence-electron chi connectivity index (χ0n) is 15.3. The van der Waals surface area contributed by atoms with Gasteiger partial charge < -0.3 is 9.64 Å². The van der Waals surface area contributed by atoms with Crippen LogP contribution in [0.1, 0.15) is 27.2 Å². The van der Waals surface area contributed by atoms with Gasteiger partial charge in [-0.15, -0.1) is 5.10 Å². The number of hydrogen-bond donors (Lipinski definition) is 0. The summed E-state index contributed by atoms with van der Waals surface area (Å²) in [7, 11) is 0. The van der Waals surface area contributed by atoms with Crippen LogP contribution in [0, 0.1) is 23.0 Å². The van der Waals surface area contributed by atoms with E-state index in [2.05, 4.69) is 11.2 Å². The summed E-state index contributed by atoms with van der Waals surface area (Å²) in [5.41, 5.74) is 2.14. The van der Waals surface area contributed by atoms with Crippen LogP contribution in [-0.4, -0.2) is 27.1 Å². The summed E-state index contributed by atoms with van der Waals surface area (Å²) in [5, 5.41) is 13.3. The van der Waals surface area contributed by atoms with E-state index in [1.54, 1.807) is 28.9 Å². The predicted octanol–water partition coefficient (Wildman–Crippen LogP) is 3.27. The Morgan fingerprint density at radius 3 is 2.69 bits per heavy atom. The van der Waals surface area contributed by atoms with E-state index in [4.69, 9.17) is 10.00 Å². The monoisotopic (exact) mass is 394 g/mol. The van der Waals surface area contributed by atoms with Crippen LogP contribution in [0.25, 0.3) is 0 Å². The molecule has 0 radical (unpaired) electrons. The normalized spacial score (nSPS) is 12.9. The summed E-state index contributed by atoms with van der Waals surface area (Å²) < 4.78 is 34.3. The van der Waals surface area contributed by atoms with E-state index in [1.165, 1.54) is 4.90 Å². The second-order valence-corrected chi connectivity index (χ2v) is 6.68. The summed E-state index contributed by atoms with van der Waals surface area (Å²) in [6.07, 6.45) is 0. The molecule has 0 N–H and O–H groups in total. The first-order valence-corrected chi connectivity index (χ1v) is 8.96. The first-order valence-electron chi connectivity index (χ1n) is 8.96. The molecule has 0 spiro atoms. The minimum Gasteiger partial charge on any atom is -0.472 e. The summed E-state index contributed by atoms with van der Waals surface area (Å²) in [6, 6.07) is 13.7. The summed E-state index contributed by atoms with van der Waals surface area (Å²) >= 11 is 0. The highest BCUT2D eigenvalue weighted by atomic mass is 19.1. The molecule has 1 aromatic heterocycles. The number of amides is 1. The Labute approximate surface area is 165 Å². The zero-order valence-corrected chi connectivity index (χ0v) is 15.3. The van der Waals surface area contributed by atoms with Crippen molar-refractivity contribution in [1.29, 1.82) is 5.26 Å². The molecule has 6 nitrogen and oxygen atoms in total. The Bertz CT molecular complexity index is 1100. The second-order valence-electron chi connectivity index (χ2n) is 6.68. The Balaban J connectivity index is 1.44. The molecule has 0 unspecified atom stereocenters. The zero-order chi connectivity index (χ0) is 20.4. The first kappa shape index (κ1) is 18.6. The molecule has 4 rings (SSSR count). The lowest BCUT2D eigenvalue weighted by Gasteiger charge is -2.27. The molecule has 3 aromatic rings. The molecule has 1 aliphatic rings. The number of carbonyl (C=O) groups is 1. The molecule has 0 atom stereocenters. The third-order valence-electron chi connectivity index (χ3n) is 4.61. The highest BCUT2D eigenvalue weighted by Gasteiger charge is 2.24. The molecule has 2 heterocycles. The lowest BCUT2D eigenvalue weighted by Crippen LogP contribution is -2.38. The van der Waals surface area contributed by atoms with Crippen molar-refractivity contribution in [3.05, 3.63) is 82.5 Å². The fraction of sp³-hybridized carbons (Fsp3) is 0.190. The number of halogens is 2. The molecule has 1 amide bonds. The number of benzene rings is 2. The number of fused-ring (bicyclic) bond motifs is 1. The smallest absolute Gasteiger partial charge is 0.254 e. The van der Waals surface area contributed by atoms with Gasteiger partial charge in [0.05, 0.1) is 30.4 Å². The van der Waals surface area contributed by atoms with Gasteiger partial charge in [-0.1, -0.05) is 12.1 Å². The number of hydrogen-bond acceptors (Lipinski definition) is 4. The molecular weight excluding hydrogens is 378 g/mol. The van der Waals surface area contributed by atoms with Gasteiger partial charge >= 0.3 is 0 Å². The average Bonchev–Trinajstić information content (AvgIpc) is 3.13. The van der Waals surface area contributed by atoms with E-state index < -0.39 is 17.5 Å². The van der Waals surface area contributed by atoms with Gasteiger partial charge in [0.25, 0.3) is 5.91 Å². The Kier molecular flexibility index (Phi) is 4.96. The summed E-state index contributed by atoms with van der Waals surface area (Å²) in [5.74, 6) is -1.60. The Morgan fingerprint density at radius 1 is 1.14 bits per heavy atom. The largest absolute Gasteiger partial charge is 0.472 e. The molecule has 0 aliphatic carbocycles. The maximum atomic E-state index is 13.4. The number of nitrogens with zero attached hydrogens (tertiary/aromatic N) is 4. The van der Waals surface area contributed by atoms with Crippen LogP contribution in [0.4, 0.5) is 8.78 Å². The molecule has 1 aliphatic heterocycles. The van der Waals surface area contributed by atoms with Crippen molar-refractivity contribution in [1.82, 2.24) is 14.7 Å². The molecule has 29 heavy (non-hydrogen) atoms. The quantitative estimate of drug-likeness (QED) is 0.681. The van der Waals surface area contributed by atoms with Gasteiger partial charge in [-0.2, -0.15) is 5.26 Å². The van der Waals surface area contributed by atoms with Crippen molar-refractivity contribution in [3.8, 4) is 11.9 Å². The fourth-order valence-corrected chi connectivity index (χ4v) is 3.23. The molecule has 146 valence electrons. The van der Waals surface area contributed by atoms with Crippen LogP contribution in [0.15, 0.2) is 48.5 Å². The number of carbonyl (C=O) groups excluding carboxylic acids is 1. The van der Waals surface area contributed by atoms with Gasteiger partial charge in [0.1, 0.15) is 18.2 Å². The summed E-state index contributed by atoms with van der Waals surface area (Å²) in [4.78, 5) is 14.1. The Hall–Kier alpha value is -3.73. The van der Waals surface area contributed by atoms with E-state index >= 15 is 0 Å². The molecular formula is C21H16F2N4O2. The van der Waals surface area contributed by atoms with E-state index in [0.29, 0.717) is 24.5 Å². The first-order chi connectivity index (χ1) is 14.0. The van der Waals surface area contributed by atoms with Gasteiger partial charge in [-0.05, 0) is 29.8 Å². The van der Waals surface area contributed by atoms with E-state index in [9.17, 15) is 13.6 Å². The standard InChI is InChI=1S/C21H16F2N4O2/c22-17-7-16(8-18(23)9-17)21(28)26-4-5-27-19(12-26)10-20(25-27)29-13-15-3-1-2-14(6-15)11-24/h1-3,6-10H,4-5,12-13H2. The van der Waals surface area contributed by atoms with Gasteiger partial charge in [0.2, 0.25) is 5.88 Å². The molecule has 0 saturated carbocycles. The number of nitriles is 1. The van der Waals surface area contributed by atoms with Crippen LogP contribution in [0.5, 0.6) is 5.88 Å². The maximum Gasteiger partial charge on any atom is 0.254 e. The van der Waals surface area contributed by atoms with E-state index in [-0.39, 0.29) is 18.7 Å². The van der Waals surface area contributed by atoms with E-state index in [0.717, 1.165) is 29.5 Å². The Morgan fingerprint density at radius 2 is 1.93 bits per heavy atom. The minimum absolute atomic E-state index is 0.0238. The third-order valence-corrected chi connectivity index (χ3v) is 4.61. The summed E-state index contributed by atoms with van der Waals surface area (Å²) in [6.45, 7) is 1.34. The lowest BCUT2D eigenvalue weighted by molar-refractivity contribution is 0.0705. The minimum atomic E-state index is -0.786. The van der Waals surface area contributed by atoms with Crippen LogP contribution in [-0.2, 0) is 19.7 Å². The van der Waals surface area contributed by atoms with Crippen molar-refractivity contribution >= 4 is 5.91 Å². The molecule has 2 aromatic carbocycles. The third kappa shape index (κ3) is 4.09. The van der Waals surface area contributed by atoms with Gasteiger partial charge in [-0.3, -0.25) is 9.48 Å². The van der Waals surface area contributed by atoms with Crippen molar-refractivity contribution in [2.24, 2.45) is 0 Å². The predicted molar refractivity (Wildman–Crippen MR) is 98.8 cm³/mol.